The monoisotopic (exact) mass is 296 g/mol. The van der Waals surface area contributed by atoms with Gasteiger partial charge in [-0.25, -0.2) is 18.1 Å². The van der Waals surface area contributed by atoms with Crippen molar-refractivity contribution in [1.29, 1.82) is 0 Å². The SMILES string of the molecule is Cc1cnc(C(C)NS(=O)(=O)c2ccccc2C)s1. The van der Waals surface area contributed by atoms with E-state index in [1.165, 1.54) is 11.3 Å². The van der Waals surface area contributed by atoms with E-state index in [2.05, 4.69) is 9.71 Å². The predicted molar refractivity (Wildman–Crippen MR) is 76.8 cm³/mol. The van der Waals surface area contributed by atoms with Crippen LogP contribution in [0.2, 0.25) is 0 Å². The molecule has 0 saturated carbocycles. The van der Waals surface area contributed by atoms with Crippen molar-refractivity contribution in [2.45, 2.75) is 31.7 Å². The third-order valence-electron chi connectivity index (χ3n) is 2.72. The Bertz CT molecular complexity index is 677. The lowest BCUT2D eigenvalue weighted by atomic mass is 10.2. The van der Waals surface area contributed by atoms with E-state index in [9.17, 15) is 8.42 Å². The first kappa shape index (κ1) is 14.2. The van der Waals surface area contributed by atoms with E-state index in [-0.39, 0.29) is 6.04 Å². The number of rotatable bonds is 4. The molecule has 0 aliphatic heterocycles. The minimum atomic E-state index is -3.51. The number of nitrogens with zero attached hydrogens (tertiary/aromatic N) is 1. The number of hydrogen-bond acceptors (Lipinski definition) is 4. The highest BCUT2D eigenvalue weighted by Gasteiger charge is 2.21. The molecule has 1 heterocycles. The summed E-state index contributed by atoms with van der Waals surface area (Å²) in [5, 5.41) is 0.773. The van der Waals surface area contributed by atoms with Crippen molar-refractivity contribution < 1.29 is 8.42 Å². The molecule has 0 aliphatic carbocycles. The van der Waals surface area contributed by atoms with Crippen LogP contribution in [-0.4, -0.2) is 13.4 Å². The Balaban J connectivity index is 2.25. The molecule has 1 atom stereocenters. The van der Waals surface area contributed by atoms with Gasteiger partial charge in [-0.3, -0.25) is 0 Å². The van der Waals surface area contributed by atoms with Crippen molar-refractivity contribution in [3.8, 4) is 0 Å². The molecule has 0 spiro atoms. The molecule has 0 fully saturated rings. The highest BCUT2D eigenvalue weighted by Crippen LogP contribution is 2.22. The maximum absolute atomic E-state index is 12.3. The summed E-state index contributed by atoms with van der Waals surface area (Å²) in [5.41, 5.74) is 0.734. The molecular weight excluding hydrogens is 280 g/mol. The van der Waals surface area contributed by atoms with Crippen molar-refractivity contribution in [2.75, 3.05) is 0 Å². The summed E-state index contributed by atoms with van der Waals surface area (Å²) in [6.07, 6.45) is 1.75. The van der Waals surface area contributed by atoms with Crippen LogP contribution in [0.15, 0.2) is 35.4 Å². The molecular formula is C13H16N2O2S2. The maximum Gasteiger partial charge on any atom is 0.241 e. The largest absolute Gasteiger partial charge is 0.248 e. The smallest absolute Gasteiger partial charge is 0.241 e. The lowest BCUT2D eigenvalue weighted by Gasteiger charge is -2.13. The molecule has 19 heavy (non-hydrogen) atoms. The van der Waals surface area contributed by atoms with Gasteiger partial charge in [0.25, 0.3) is 0 Å². The van der Waals surface area contributed by atoms with E-state index in [4.69, 9.17) is 0 Å². The number of hydrogen-bond donors (Lipinski definition) is 1. The van der Waals surface area contributed by atoms with Gasteiger partial charge in [-0.15, -0.1) is 11.3 Å². The number of aryl methyl sites for hydroxylation is 2. The second kappa shape index (κ2) is 5.40. The lowest BCUT2D eigenvalue weighted by Crippen LogP contribution is -2.27. The molecule has 0 aliphatic rings. The number of benzene rings is 1. The summed E-state index contributed by atoms with van der Waals surface area (Å²) in [7, 11) is -3.51. The fourth-order valence-corrected chi connectivity index (χ4v) is 4.08. The van der Waals surface area contributed by atoms with E-state index in [1.54, 1.807) is 38.2 Å². The Labute approximate surface area is 117 Å². The summed E-state index contributed by atoms with van der Waals surface area (Å²) in [6, 6.07) is 6.61. The molecule has 1 aromatic carbocycles. The minimum absolute atomic E-state index is 0.315. The van der Waals surface area contributed by atoms with Crippen molar-refractivity contribution in [1.82, 2.24) is 9.71 Å². The predicted octanol–water partition coefficient (Wildman–Crippen LogP) is 2.80. The molecule has 2 rings (SSSR count). The molecule has 1 unspecified atom stereocenters. The molecule has 0 saturated heterocycles. The molecule has 1 aromatic heterocycles. The maximum atomic E-state index is 12.3. The van der Waals surface area contributed by atoms with Gasteiger partial charge >= 0.3 is 0 Å². The first-order valence-corrected chi connectivity index (χ1v) is 8.20. The quantitative estimate of drug-likeness (QED) is 0.944. The molecule has 0 radical (unpaired) electrons. The van der Waals surface area contributed by atoms with Crippen LogP contribution in [-0.2, 0) is 10.0 Å². The second-order valence-electron chi connectivity index (χ2n) is 4.42. The summed E-state index contributed by atoms with van der Waals surface area (Å²) in [6.45, 7) is 5.53. The van der Waals surface area contributed by atoms with Gasteiger partial charge in [-0.1, -0.05) is 18.2 Å². The summed E-state index contributed by atoms with van der Waals surface area (Å²) in [5.74, 6) is 0. The van der Waals surface area contributed by atoms with E-state index < -0.39 is 10.0 Å². The summed E-state index contributed by atoms with van der Waals surface area (Å²) in [4.78, 5) is 5.59. The normalized spacial score (nSPS) is 13.4. The second-order valence-corrected chi connectivity index (χ2v) is 7.37. The Morgan fingerprint density at radius 3 is 2.53 bits per heavy atom. The zero-order valence-corrected chi connectivity index (χ0v) is 12.7. The van der Waals surface area contributed by atoms with Gasteiger partial charge in [-0.2, -0.15) is 0 Å². The zero-order chi connectivity index (χ0) is 14.0. The Morgan fingerprint density at radius 2 is 1.95 bits per heavy atom. The number of sulfonamides is 1. The van der Waals surface area contributed by atoms with Gasteiger partial charge in [-0.05, 0) is 32.4 Å². The van der Waals surface area contributed by atoms with E-state index >= 15 is 0 Å². The van der Waals surface area contributed by atoms with Crippen molar-refractivity contribution >= 4 is 21.4 Å². The summed E-state index contributed by atoms with van der Waals surface area (Å²) < 4.78 is 27.3. The van der Waals surface area contributed by atoms with Gasteiger partial charge in [0.2, 0.25) is 10.0 Å². The fourth-order valence-electron chi connectivity index (χ4n) is 1.78. The van der Waals surface area contributed by atoms with Crippen LogP contribution in [0.1, 0.15) is 28.4 Å². The Kier molecular flexibility index (Phi) is 4.03. The van der Waals surface area contributed by atoms with Gasteiger partial charge in [0.1, 0.15) is 5.01 Å². The fraction of sp³-hybridized carbons (Fsp3) is 0.308. The number of aromatic nitrogens is 1. The zero-order valence-electron chi connectivity index (χ0n) is 11.0. The van der Waals surface area contributed by atoms with Gasteiger partial charge in [0.05, 0.1) is 10.9 Å². The van der Waals surface area contributed by atoms with E-state index in [0.29, 0.717) is 4.90 Å². The van der Waals surface area contributed by atoms with Gasteiger partial charge in [0.15, 0.2) is 0 Å². The van der Waals surface area contributed by atoms with Crippen LogP contribution in [0, 0.1) is 13.8 Å². The Hall–Kier alpha value is -1.24. The highest BCUT2D eigenvalue weighted by atomic mass is 32.2. The van der Waals surface area contributed by atoms with Crippen molar-refractivity contribution in [2.24, 2.45) is 0 Å². The standard InChI is InChI=1S/C13H16N2O2S2/c1-9-6-4-5-7-12(9)19(16,17)15-11(3)13-14-8-10(2)18-13/h4-8,11,15H,1-3H3. The molecule has 6 heteroatoms. The Morgan fingerprint density at radius 1 is 1.26 bits per heavy atom. The first-order chi connectivity index (χ1) is 8.90. The third-order valence-corrected chi connectivity index (χ3v) is 5.52. The topological polar surface area (TPSA) is 59.1 Å². The molecule has 0 amide bonds. The van der Waals surface area contributed by atoms with E-state index in [0.717, 1.165) is 15.4 Å². The number of nitrogens with one attached hydrogen (secondary N) is 1. The molecule has 0 bridgehead atoms. The molecule has 102 valence electrons. The number of thiazole rings is 1. The molecule has 4 nitrogen and oxygen atoms in total. The average Bonchev–Trinajstić information content (AvgIpc) is 2.76. The molecule has 2 aromatic rings. The first-order valence-electron chi connectivity index (χ1n) is 5.90. The van der Waals surface area contributed by atoms with Crippen LogP contribution in [0.4, 0.5) is 0 Å². The van der Waals surface area contributed by atoms with Crippen LogP contribution < -0.4 is 4.72 Å². The van der Waals surface area contributed by atoms with Crippen molar-refractivity contribution in [3.63, 3.8) is 0 Å². The average molecular weight is 296 g/mol. The van der Waals surface area contributed by atoms with Gasteiger partial charge < -0.3 is 0 Å². The van der Waals surface area contributed by atoms with Crippen molar-refractivity contribution in [3.05, 3.63) is 45.9 Å². The van der Waals surface area contributed by atoms with Crippen LogP contribution in [0.5, 0.6) is 0 Å². The van der Waals surface area contributed by atoms with Crippen LogP contribution in [0.3, 0.4) is 0 Å². The summed E-state index contributed by atoms with van der Waals surface area (Å²) >= 11 is 1.50. The van der Waals surface area contributed by atoms with Crippen LogP contribution in [0.25, 0.3) is 0 Å². The minimum Gasteiger partial charge on any atom is -0.248 e. The lowest BCUT2D eigenvalue weighted by molar-refractivity contribution is 0.565. The highest BCUT2D eigenvalue weighted by molar-refractivity contribution is 7.89. The third kappa shape index (κ3) is 3.20. The molecule has 1 N–H and O–H groups in total. The van der Waals surface area contributed by atoms with Crippen LogP contribution >= 0.6 is 11.3 Å². The van der Waals surface area contributed by atoms with E-state index in [1.807, 2.05) is 13.0 Å². The van der Waals surface area contributed by atoms with Gasteiger partial charge in [0, 0.05) is 11.1 Å².